The first-order valence-electron chi connectivity index (χ1n) is 9.86. The highest BCUT2D eigenvalue weighted by Gasteiger charge is 2.26. The lowest BCUT2D eigenvalue weighted by Gasteiger charge is -2.37. The molecule has 0 radical (unpaired) electrons. The maximum absolute atomic E-state index is 12.5. The van der Waals surface area contributed by atoms with Gasteiger partial charge in [-0.05, 0) is 42.3 Å². The van der Waals surface area contributed by atoms with E-state index in [0.29, 0.717) is 16.3 Å². The van der Waals surface area contributed by atoms with Crippen LogP contribution >= 0.6 is 34.5 Å². The van der Waals surface area contributed by atoms with Crippen molar-refractivity contribution in [2.24, 2.45) is 0 Å². The van der Waals surface area contributed by atoms with Gasteiger partial charge in [0.2, 0.25) is 5.28 Å². The fourth-order valence-electron chi connectivity index (χ4n) is 3.65. The number of halogens is 2. The number of ether oxygens (including phenoxy) is 2. The monoisotopic (exact) mass is 480 g/mol. The molecule has 31 heavy (non-hydrogen) atoms. The highest BCUT2D eigenvalue weighted by molar-refractivity contribution is 7.20. The van der Waals surface area contributed by atoms with Crippen LogP contribution in [0.15, 0.2) is 24.3 Å². The molecule has 1 aliphatic heterocycles. The maximum atomic E-state index is 12.5. The third-order valence-electron chi connectivity index (χ3n) is 5.20. The predicted molar refractivity (Wildman–Crippen MR) is 125 cm³/mol. The molecule has 3 heterocycles. The number of hydrogen-bond donors (Lipinski definition) is 0. The normalized spacial score (nSPS) is 14.3. The molecule has 1 saturated heterocycles. The fourth-order valence-corrected chi connectivity index (χ4v) is 5.12. The molecule has 1 fully saturated rings. The van der Waals surface area contributed by atoms with Crippen LogP contribution in [0.2, 0.25) is 10.3 Å². The first-order chi connectivity index (χ1) is 15.0. The highest BCUT2D eigenvalue weighted by Crippen LogP contribution is 2.37. The number of aromatic nitrogens is 2. The molecule has 3 aromatic rings. The van der Waals surface area contributed by atoms with Gasteiger partial charge in [-0.15, -0.1) is 11.3 Å². The van der Waals surface area contributed by atoms with Crippen LogP contribution in [0, 0.1) is 6.92 Å². The van der Waals surface area contributed by atoms with E-state index in [9.17, 15) is 4.79 Å². The highest BCUT2D eigenvalue weighted by atomic mass is 35.5. The maximum Gasteiger partial charge on any atom is 0.348 e. The summed E-state index contributed by atoms with van der Waals surface area (Å²) in [6.45, 7) is 5.61. The number of fused-ring (bicyclic) bond motifs is 1. The van der Waals surface area contributed by atoms with Crippen LogP contribution in [0.4, 0.5) is 11.5 Å². The summed E-state index contributed by atoms with van der Waals surface area (Å²) >= 11 is 13.7. The first kappa shape index (κ1) is 22.1. The number of piperazine rings is 1. The van der Waals surface area contributed by atoms with Crippen LogP contribution in [0.25, 0.3) is 10.2 Å². The number of hydrogen-bond acceptors (Lipinski definition) is 8. The standard InChI is InChI=1S/C21H22Cl2N4O3S/c1-13-16-18(27-8-6-26(7-9-27)15-5-3-4-14(22)12-15)24-21(23)25-19(16)31-17(13)20(28)30-11-10-29-2/h3-5,12H,6-11H2,1-2H3. The van der Waals surface area contributed by atoms with Gasteiger partial charge in [-0.1, -0.05) is 17.7 Å². The second-order valence-corrected chi connectivity index (χ2v) is 8.91. The Morgan fingerprint density at radius 1 is 1.13 bits per heavy atom. The van der Waals surface area contributed by atoms with Crippen molar-refractivity contribution < 1.29 is 14.3 Å². The van der Waals surface area contributed by atoms with Crippen molar-refractivity contribution in [1.82, 2.24) is 9.97 Å². The molecule has 0 bridgehead atoms. The van der Waals surface area contributed by atoms with Gasteiger partial charge in [0, 0.05) is 44.0 Å². The van der Waals surface area contributed by atoms with E-state index in [0.717, 1.165) is 53.7 Å². The van der Waals surface area contributed by atoms with Crippen molar-refractivity contribution >= 4 is 62.2 Å². The first-order valence-corrected chi connectivity index (χ1v) is 11.4. The minimum Gasteiger partial charge on any atom is -0.459 e. The Kier molecular flexibility index (Phi) is 6.81. The Balaban J connectivity index is 1.58. The van der Waals surface area contributed by atoms with Crippen LogP contribution in [-0.4, -0.2) is 62.4 Å². The van der Waals surface area contributed by atoms with Gasteiger partial charge in [-0.3, -0.25) is 0 Å². The summed E-state index contributed by atoms with van der Waals surface area (Å²) in [7, 11) is 1.56. The van der Waals surface area contributed by atoms with Gasteiger partial charge in [-0.2, -0.15) is 4.98 Å². The van der Waals surface area contributed by atoms with Crippen molar-refractivity contribution in [1.29, 1.82) is 0 Å². The topological polar surface area (TPSA) is 67.8 Å². The van der Waals surface area contributed by atoms with Crippen LogP contribution in [-0.2, 0) is 9.47 Å². The molecule has 0 unspecified atom stereocenters. The Morgan fingerprint density at radius 3 is 2.58 bits per heavy atom. The minimum atomic E-state index is -0.384. The number of nitrogens with zero attached hydrogens (tertiary/aromatic N) is 4. The smallest absolute Gasteiger partial charge is 0.348 e. The second kappa shape index (κ2) is 9.56. The lowest BCUT2D eigenvalue weighted by Crippen LogP contribution is -2.47. The molecular weight excluding hydrogens is 459 g/mol. The molecule has 0 N–H and O–H groups in total. The molecule has 1 aliphatic rings. The van der Waals surface area contributed by atoms with Gasteiger partial charge >= 0.3 is 5.97 Å². The van der Waals surface area contributed by atoms with Crippen molar-refractivity contribution in [3.8, 4) is 0 Å². The van der Waals surface area contributed by atoms with Gasteiger partial charge in [-0.25, -0.2) is 9.78 Å². The average molecular weight is 481 g/mol. The fraction of sp³-hybridized carbons (Fsp3) is 0.381. The Morgan fingerprint density at radius 2 is 1.87 bits per heavy atom. The van der Waals surface area contributed by atoms with E-state index in [-0.39, 0.29) is 17.9 Å². The number of esters is 1. The summed E-state index contributed by atoms with van der Waals surface area (Å²) < 4.78 is 10.2. The quantitative estimate of drug-likeness (QED) is 0.293. The number of anilines is 2. The van der Waals surface area contributed by atoms with Crippen LogP contribution in [0.3, 0.4) is 0 Å². The SMILES string of the molecule is COCCOC(=O)c1sc2nc(Cl)nc(N3CCN(c4cccc(Cl)c4)CC3)c2c1C. The van der Waals surface area contributed by atoms with Gasteiger partial charge in [0.05, 0.1) is 12.0 Å². The number of benzene rings is 1. The van der Waals surface area contributed by atoms with Gasteiger partial charge in [0.25, 0.3) is 0 Å². The van der Waals surface area contributed by atoms with E-state index in [2.05, 4.69) is 25.8 Å². The molecule has 4 rings (SSSR count). The molecule has 7 nitrogen and oxygen atoms in total. The lowest BCUT2D eigenvalue weighted by atomic mass is 10.1. The molecular formula is C21H22Cl2N4O3S. The summed E-state index contributed by atoms with van der Waals surface area (Å²) in [5.74, 6) is 0.371. The molecule has 0 saturated carbocycles. The number of carbonyl (C=O) groups excluding carboxylic acids is 1. The molecule has 2 aromatic heterocycles. The van der Waals surface area contributed by atoms with Crippen LogP contribution in [0.5, 0.6) is 0 Å². The molecule has 1 aromatic carbocycles. The average Bonchev–Trinajstić information content (AvgIpc) is 3.09. The van der Waals surface area contributed by atoms with Crippen molar-refractivity contribution in [3.63, 3.8) is 0 Å². The summed E-state index contributed by atoms with van der Waals surface area (Å²) in [6.07, 6.45) is 0. The van der Waals surface area contributed by atoms with Crippen LogP contribution in [0.1, 0.15) is 15.2 Å². The van der Waals surface area contributed by atoms with Crippen molar-refractivity contribution in [3.05, 3.63) is 45.0 Å². The summed E-state index contributed by atoms with van der Waals surface area (Å²) in [5.41, 5.74) is 1.91. The predicted octanol–water partition coefficient (Wildman–Crippen LogP) is 4.44. The van der Waals surface area contributed by atoms with E-state index in [4.69, 9.17) is 32.7 Å². The Hall–Kier alpha value is -2.13. The molecule has 0 amide bonds. The number of methoxy groups -OCH3 is 1. The summed E-state index contributed by atoms with van der Waals surface area (Å²) in [4.78, 5) is 27.1. The van der Waals surface area contributed by atoms with Crippen LogP contribution < -0.4 is 9.80 Å². The minimum absolute atomic E-state index is 0.167. The third-order valence-corrected chi connectivity index (χ3v) is 6.77. The number of thiophene rings is 1. The molecule has 0 aliphatic carbocycles. The van der Waals surface area contributed by atoms with E-state index >= 15 is 0 Å². The van der Waals surface area contributed by atoms with Gasteiger partial charge < -0.3 is 19.3 Å². The van der Waals surface area contributed by atoms with Crippen molar-refractivity contribution in [2.75, 3.05) is 56.3 Å². The zero-order chi connectivity index (χ0) is 22.0. The van der Waals surface area contributed by atoms with Gasteiger partial charge in [0.1, 0.15) is 22.1 Å². The third kappa shape index (κ3) is 4.72. The van der Waals surface area contributed by atoms with Crippen molar-refractivity contribution in [2.45, 2.75) is 6.92 Å². The number of carbonyl (C=O) groups is 1. The molecule has 0 spiro atoms. The van der Waals surface area contributed by atoms with E-state index in [1.165, 1.54) is 11.3 Å². The zero-order valence-electron chi connectivity index (χ0n) is 17.2. The molecule has 164 valence electrons. The van der Waals surface area contributed by atoms with E-state index in [1.807, 2.05) is 25.1 Å². The molecule has 0 atom stereocenters. The van der Waals surface area contributed by atoms with Gasteiger partial charge in [0.15, 0.2) is 0 Å². The zero-order valence-corrected chi connectivity index (χ0v) is 19.6. The van der Waals surface area contributed by atoms with E-state index < -0.39 is 0 Å². The number of rotatable bonds is 6. The summed E-state index contributed by atoms with van der Waals surface area (Å²) in [5, 5.41) is 1.74. The number of aryl methyl sites for hydroxylation is 1. The van der Waals surface area contributed by atoms with E-state index in [1.54, 1.807) is 7.11 Å². The molecule has 10 heteroatoms. The summed E-state index contributed by atoms with van der Waals surface area (Å²) in [6, 6.07) is 7.87. The second-order valence-electron chi connectivity index (χ2n) is 7.14. The Bertz CT molecular complexity index is 1100. The largest absolute Gasteiger partial charge is 0.459 e. The Labute approximate surface area is 194 Å². The lowest BCUT2D eigenvalue weighted by molar-refractivity contribution is 0.0393.